The van der Waals surface area contributed by atoms with E-state index >= 15 is 0 Å². The minimum Gasteiger partial charge on any atom is -0.322 e. The fraction of sp³-hybridized carbons (Fsp3) is 0.0667. The molecular weight excluding hydrogens is 243 g/mol. The molecule has 0 bridgehead atoms. The third kappa shape index (κ3) is 3.17. The molecule has 0 atom stereocenters. The Bertz CT molecular complexity index is 629. The lowest BCUT2D eigenvalue weighted by atomic mass is 10.0. The van der Waals surface area contributed by atoms with Gasteiger partial charge < -0.3 is 5.32 Å². The zero-order chi connectivity index (χ0) is 13.7. The van der Waals surface area contributed by atoms with E-state index in [-0.39, 0.29) is 18.1 Å². The molecule has 3 nitrogen and oxygen atoms in total. The van der Waals surface area contributed by atoms with Crippen molar-refractivity contribution < 1.29 is 9.18 Å². The maximum Gasteiger partial charge on any atom is 0.255 e. The summed E-state index contributed by atoms with van der Waals surface area (Å²) < 4.78 is 12.8. The van der Waals surface area contributed by atoms with Gasteiger partial charge in [-0.25, -0.2) is 4.39 Å². The van der Waals surface area contributed by atoms with Crippen LogP contribution in [0.1, 0.15) is 15.9 Å². The maximum atomic E-state index is 12.8. The van der Waals surface area contributed by atoms with Gasteiger partial charge in [0.25, 0.3) is 5.91 Å². The van der Waals surface area contributed by atoms with Crippen LogP contribution in [0.2, 0.25) is 0 Å². The summed E-state index contributed by atoms with van der Waals surface area (Å²) in [5, 5.41) is 11.4. The summed E-state index contributed by atoms with van der Waals surface area (Å²) in [6, 6.07) is 14.5. The van der Waals surface area contributed by atoms with Crippen LogP contribution in [0, 0.1) is 17.1 Å². The molecule has 1 N–H and O–H groups in total. The second kappa shape index (κ2) is 5.78. The number of nitrogens with zero attached hydrogens (tertiary/aromatic N) is 1. The van der Waals surface area contributed by atoms with Gasteiger partial charge in [-0.1, -0.05) is 18.2 Å². The number of amides is 1. The molecule has 2 aromatic carbocycles. The topological polar surface area (TPSA) is 52.9 Å². The van der Waals surface area contributed by atoms with Crippen molar-refractivity contribution in [3.63, 3.8) is 0 Å². The minimum atomic E-state index is -0.358. The molecule has 0 saturated carbocycles. The highest BCUT2D eigenvalue weighted by molar-refractivity contribution is 6.05. The van der Waals surface area contributed by atoms with Crippen LogP contribution in [0.5, 0.6) is 0 Å². The number of rotatable bonds is 3. The lowest BCUT2D eigenvalue weighted by molar-refractivity contribution is 0.102. The van der Waals surface area contributed by atoms with E-state index in [0.29, 0.717) is 16.8 Å². The number of carbonyl (C=O) groups excluding carboxylic acids is 1. The minimum absolute atomic E-state index is 0.174. The third-order valence-electron chi connectivity index (χ3n) is 2.63. The van der Waals surface area contributed by atoms with Gasteiger partial charge in [0.05, 0.1) is 12.5 Å². The molecule has 2 rings (SSSR count). The quantitative estimate of drug-likeness (QED) is 0.914. The van der Waals surface area contributed by atoms with Crippen molar-refractivity contribution in [3.8, 4) is 6.07 Å². The van der Waals surface area contributed by atoms with Crippen molar-refractivity contribution in [1.82, 2.24) is 0 Å². The summed E-state index contributed by atoms with van der Waals surface area (Å²) in [5.41, 5.74) is 1.64. The van der Waals surface area contributed by atoms with Gasteiger partial charge in [-0.3, -0.25) is 4.79 Å². The molecule has 0 spiro atoms. The van der Waals surface area contributed by atoms with Crippen LogP contribution in [-0.2, 0) is 6.42 Å². The summed E-state index contributed by atoms with van der Waals surface area (Å²) in [7, 11) is 0. The van der Waals surface area contributed by atoms with Crippen molar-refractivity contribution in [2.24, 2.45) is 0 Å². The van der Waals surface area contributed by atoms with E-state index < -0.39 is 0 Å². The average molecular weight is 254 g/mol. The lowest BCUT2D eigenvalue weighted by Crippen LogP contribution is -2.14. The number of hydrogen-bond donors (Lipinski definition) is 1. The fourth-order valence-corrected chi connectivity index (χ4v) is 1.71. The first-order valence-electron chi connectivity index (χ1n) is 5.72. The van der Waals surface area contributed by atoms with Gasteiger partial charge in [-0.2, -0.15) is 5.26 Å². The van der Waals surface area contributed by atoms with Gasteiger partial charge in [0.1, 0.15) is 5.82 Å². The summed E-state index contributed by atoms with van der Waals surface area (Å²) in [6.45, 7) is 0. The predicted octanol–water partition coefficient (Wildman–Crippen LogP) is 3.14. The second-order valence-corrected chi connectivity index (χ2v) is 3.95. The van der Waals surface area contributed by atoms with Crippen LogP contribution in [-0.4, -0.2) is 5.91 Å². The monoisotopic (exact) mass is 254 g/mol. The van der Waals surface area contributed by atoms with Crippen LogP contribution >= 0.6 is 0 Å². The van der Waals surface area contributed by atoms with Gasteiger partial charge in [0.2, 0.25) is 0 Å². The SMILES string of the molecule is N#CCc1ccccc1C(=O)Nc1ccc(F)cc1. The highest BCUT2D eigenvalue weighted by Crippen LogP contribution is 2.14. The number of halogens is 1. The molecule has 0 saturated heterocycles. The molecule has 0 fully saturated rings. The van der Waals surface area contributed by atoms with Gasteiger partial charge in [0.15, 0.2) is 0 Å². The molecule has 0 aliphatic rings. The third-order valence-corrected chi connectivity index (χ3v) is 2.63. The Kier molecular flexibility index (Phi) is 3.89. The van der Waals surface area contributed by atoms with Gasteiger partial charge in [-0.05, 0) is 35.9 Å². The second-order valence-electron chi connectivity index (χ2n) is 3.95. The number of nitrogens with one attached hydrogen (secondary N) is 1. The Hall–Kier alpha value is -2.67. The molecule has 0 aliphatic heterocycles. The average Bonchev–Trinajstić information content (AvgIpc) is 2.42. The van der Waals surface area contributed by atoms with Crippen LogP contribution < -0.4 is 5.32 Å². The van der Waals surface area contributed by atoms with Gasteiger partial charge in [0, 0.05) is 11.3 Å². The van der Waals surface area contributed by atoms with Crippen LogP contribution in [0.4, 0.5) is 10.1 Å². The van der Waals surface area contributed by atoms with E-state index in [4.69, 9.17) is 5.26 Å². The van der Waals surface area contributed by atoms with Crippen LogP contribution in [0.3, 0.4) is 0 Å². The largest absolute Gasteiger partial charge is 0.322 e. The Morgan fingerprint density at radius 1 is 1.16 bits per heavy atom. The smallest absolute Gasteiger partial charge is 0.255 e. The molecule has 1 amide bonds. The molecule has 0 aromatic heterocycles. The fourth-order valence-electron chi connectivity index (χ4n) is 1.71. The Morgan fingerprint density at radius 2 is 1.84 bits per heavy atom. The summed E-state index contributed by atoms with van der Waals surface area (Å²) in [4.78, 5) is 12.1. The molecule has 0 heterocycles. The van der Waals surface area contributed by atoms with Gasteiger partial charge in [-0.15, -0.1) is 0 Å². The van der Waals surface area contributed by atoms with Gasteiger partial charge >= 0.3 is 0 Å². The van der Waals surface area contributed by atoms with Crippen molar-refractivity contribution in [2.45, 2.75) is 6.42 Å². The normalized spacial score (nSPS) is 9.68. The molecule has 2 aromatic rings. The van der Waals surface area contributed by atoms with E-state index in [1.54, 1.807) is 24.3 Å². The van der Waals surface area contributed by atoms with E-state index in [1.165, 1.54) is 24.3 Å². The highest BCUT2D eigenvalue weighted by Gasteiger charge is 2.10. The molecule has 19 heavy (non-hydrogen) atoms. The number of nitriles is 1. The highest BCUT2D eigenvalue weighted by atomic mass is 19.1. The first-order valence-corrected chi connectivity index (χ1v) is 5.72. The number of hydrogen-bond acceptors (Lipinski definition) is 2. The van der Waals surface area contributed by atoms with E-state index in [2.05, 4.69) is 5.32 Å². The number of anilines is 1. The Morgan fingerprint density at radius 3 is 2.53 bits per heavy atom. The maximum absolute atomic E-state index is 12.8. The Balaban J connectivity index is 2.20. The van der Waals surface area contributed by atoms with Crippen LogP contribution in [0.15, 0.2) is 48.5 Å². The van der Waals surface area contributed by atoms with Crippen molar-refractivity contribution >= 4 is 11.6 Å². The predicted molar refractivity (Wildman–Crippen MR) is 70.1 cm³/mol. The summed E-state index contributed by atoms with van der Waals surface area (Å²) in [5.74, 6) is -0.666. The van der Waals surface area contributed by atoms with Crippen molar-refractivity contribution in [3.05, 3.63) is 65.5 Å². The molecule has 0 radical (unpaired) electrons. The molecule has 0 unspecified atom stereocenters. The first-order chi connectivity index (χ1) is 9.20. The van der Waals surface area contributed by atoms with Crippen molar-refractivity contribution in [1.29, 1.82) is 5.26 Å². The van der Waals surface area contributed by atoms with Crippen molar-refractivity contribution in [2.75, 3.05) is 5.32 Å². The van der Waals surface area contributed by atoms with E-state index in [0.717, 1.165) is 0 Å². The molecule has 94 valence electrons. The lowest BCUT2D eigenvalue weighted by Gasteiger charge is -2.08. The molecular formula is C15H11FN2O. The summed E-state index contributed by atoms with van der Waals surface area (Å²) in [6.07, 6.45) is 0.174. The Labute approximate surface area is 110 Å². The zero-order valence-electron chi connectivity index (χ0n) is 10.1. The summed E-state index contributed by atoms with van der Waals surface area (Å²) >= 11 is 0. The zero-order valence-corrected chi connectivity index (χ0v) is 10.1. The van der Waals surface area contributed by atoms with Crippen LogP contribution in [0.25, 0.3) is 0 Å². The number of carbonyl (C=O) groups is 1. The first kappa shape index (κ1) is 12.8. The standard InChI is InChI=1S/C15H11FN2O/c16-12-5-7-13(8-6-12)18-15(19)14-4-2-1-3-11(14)9-10-17/h1-8H,9H2,(H,18,19). The van der Waals surface area contributed by atoms with E-state index in [9.17, 15) is 9.18 Å². The number of benzene rings is 2. The van der Waals surface area contributed by atoms with E-state index in [1.807, 2.05) is 6.07 Å². The molecule has 4 heteroatoms. The molecule has 0 aliphatic carbocycles.